The smallest absolute Gasteiger partial charge is 0.223 e. The zero-order valence-electron chi connectivity index (χ0n) is 12.8. The van der Waals surface area contributed by atoms with Crippen LogP contribution in [0.15, 0.2) is 22.7 Å². The van der Waals surface area contributed by atoms with E-state index in [1.807, 2.05) is 18.2 Å². The van der Waals surface area contributed by atoms with Crippen LogP contribution >= 0.6 is 15.9 Å². The Morgan fingerprint density at radius 1 is 1.48 bits per heavy atom. The van der Waals surface area contributed by atoms with Crippen molar-refractivity contribution < 1.29 is 9.53 Å². The SMILES string of the molecule is CCCCC(CC)C(=O)NC1CCOc2ccc(Br)cc21. The fourth-order valence-corrected chi connectivity index (χ4v) is 3.15. The van der Waals surface area contributed by atoms with Gasteiger partial charge in [-0.25, -0.2) is 0 Å². The Balaban J connectivity index is 2.06. The van der Waals surface area contributed by atoms with Gasteiger partial charge in [-0.1, -0.05) is 42.6 Å². The van der Waals surface area contributed by atoms with Gasteiger partial charge in [0.05, 0.1) is 12.6 Å². The van der Waals surface area contributed by atoms with E-state index in [-0.39, 0.29) is 17.9 Å². The molecule has 2 rings (SSSR count). The van der Waals surface area contributed by atoms with Crippen LogP contribution in [-0.2, 0) is 4.79 Å². The minimum atomic E-state index is 0.0643. The van der Waals surface area contributed by atoms with Crippen molar-refractivity contribution in [2.45, 2.75) is 52.0 Å². The summed E-state index contributed by atoms with van der Waals surface area (Å²) in [6.07, 6.45) is 4.96. The van der Waals surface area contributed by atoms with Gasteiger partial charge >= 0.3 is 0 Å². The van der Waals surface area contributed by atoms with Crippen LogP contribution in [0.25, 0.3) is 0 Å². The number of nitrogens with one attached hydrogen (secondary N) is 1. The zero-order valence-corrected chi connectivity index (χ0v) is 14.4. The summed E-state index contributed by atoms with van der Waals surface area (Å²) in [6.45, 7) is 4.91. The standard InChI is InChI=1S/C17H24BrNO2/c1-3-5-6-12(4-2)17(20)19-15-9-10-21-16-8-7-13(18)11-14(15)16/h7-8,11-12,15H,3-6,9-10H2,1-2H3,(H,19,20). The van der Waals surface area contributed by atoms with Crippen LogP contribution in [0, 0.1) is 5.92 Å². The number of hydrogen-bond acceptors (Lipinski definition) is 2. The lowest BCUT2D eigenvalue weighted by Gasteiger charge is -2.28. The Kier molecular flexibility index (Phi) is 6.09. The van der Waals surface area contributed by atoms with Crippen LogP contribution in [0.3, 0.4) is 0 Å². The van der Waals surface area contributed by atoms with E-state index in [1.165, 1.54) is 0 Å². The Bertz CT molecular complexity index is 490. The summed E-state index contributed by atoms with van der Waals surface area (Å²) in [5, 5.41) is 3.22. The lowest BCUT2D eigenvalue weighted by Crippen LogP contribution is -2.36. The number of ether oxygens (including phenoxy) is 1. The van der Waals surface area contributed by atoms with Crippen LogP contribution in [0.1, 0.15) is 57.6 Å². The average Bonchev–Trinajstić information content (AvgIpc) is 2.48. The van der Waals surface area contributed by atoms with E-state index in [0.717, 1.165) is 47.9 Å². The van der Waals surface area contributed by atoms with Gasteiger partial charge in [0.25, 0.3) is 0 Å². The van der Waals surface area contributed by atoms with Crippen molar-refractivity contribution in [1.82, 2.24) is 5.32 Å². The Morgan fingerprint density at radius 2 is 2.29 bits per heavy atom. The summed E-state index contributed by atoms with van der Waals surface area (Å²) in [5.74, 6) is 1.20. The summed E-state index contributed by atoms with van der Waals surface area (Å²) in [4.78, 5) is 12.5. The second-order valence-corrected chi connectivity index (χ2v) is 6.54. The van der Waals surface area contributed by atoms with Crippen molar-refractivity contribution in [1.29, 1.82) is 0 Å². The van der Waals surface area contributed by atoms with E-state index in [1.54, 1.807) is 0 Å². The highest BCUT2D eigenvalue weighted by molar-refractivity contribution is 9.10. The molecule has 0 saturated heterocycles. The van der Waals surface area contributed by atoms with Crippen LogP contribution in [0.4, 0.5) is 0 Å². The van der Waals surface area contributed by atoms with E-state index in [0.29, 0.717) is 6.61 Å². The van der Waals surface area contributed by atoms with Gasteiger partial charge in [0.1, 0.15) is 5.75 Å². The molecule has 1 aromatic carbocycles. The van der Waals surface area contributed by atoms with Crippen LogP contribution < -0.4 is 10.1 Å². The van der Waals surface area contributed by atoms with E-state index < -0.39 is 0 Å². The van der Waals surface area contributed by atoms with Gasteiger partial charge in [-0.3, -0.25) is 4.79 Å². The lowest BCUT2D eigenvalue weighted by molar-refractivity contribution is -0.126. The molecule has 1 aromatic rings. The van der Waals surface area contributed by atoms with E-state index in [9.17, 15) is 4.79 Å². The number of amides is 1. The topological polar surface area (TPSA) is 38.3 Å². The molecule has 1 heterocycles. The maximum absolute atomic E-state index is 12.5. The van der Waals surface area contributed by atoms with Gasteiger partial charge in [0.15, 0.2) is 0 Å². The number of carbonyl (C=O) groups is 1. The molecule has 0 fully saturated rings. The second kappa shape index (κ2) is 7.83. The van der Waals surface area contributed by atoms with Crippen molar-refractivity contribution in [3.05, 3.63) is 28.2 Å². The molecule has 0 radical (unpaired) electrons. The molecule has 1 N–H and O–H groups in total. The molecule has 0 bridgehead atoms. The highest BCUT2D eigenvalue weighted by atomic mass is 79.9. The Labute approximate surface area is 135 Å². The van der Waals surface area contributed by atoms with Gasteiger partial charge in [-0.2, -0.15) is 0 Å². The predicted molar refractivity (Wildman–Crippen MR) is 88.4 cm³/mol. The van der Waals surface area contributed by atoms with E-state index in [2.05, 4.69) is 35.1 Å². The first kappa shape index (κ1) is 16.3. The van der Waals surface area contributed by atoms with Gasteiger partial charge < -0.3 is 10.1 Å². The normalized spacial score (nSPS) is 18.5. The molecule has 1 aliphatic heterocycles. The van der Waals surface area contributed by atoms with Gasteiger partial charge in [-0.05, 0) is 31.0 Å². The third kappa shape index (κ3) is 4.22. The molecule has 0 spiro atoms. The van der Waals surface area contributed by atoms with Crippen molar-refractivity contribution in [2.75, 3.05) is 6.61 Å². The summed E-state index contributed by atoms with van der Waals surface area (Å²) in [5.41, 5.74) is 1.08. The van der Waals surface area contributed by atoms with E-state index in [4.69, 9.17) is 4.74 Å². The summed E-state index contributed by atoms with van der Waals surface area (Å²) < 4.78 is 6.69. The predicted octanol–water partition coefficient (Wildman–Crippen LogP) is 4.61. The number of unbranched alkanes of at least 4 members (excludes halogenated alkanes) is 1. The van der Waals surface area contributed by atoms with Crippen molar-refractivity contribution >= 4 is 21.8 Å². The Hall–Kier alpha value is -1.03. The number of carbonyl (C=O) groups excluding carboxylic acids is 1. The first-order valence-electron chi connectivity index (χ1n) is 7.88. The minimum Gasteiger partial charge on any atom is -0.493 e. The van der Waals surface area contributed by atoms with Gasteiger partial charge in [-0.15, -0.1) is 0 Å². The monoisotopic (exact) mass is 353 g/mol. The van der Waals surface area contributed by atoms with Gasteiger partial charge in [0.2, 0.25) is 5.91 Å². The molecule has 21 heavy (non-hydrogen) atoms. The second-order valence-electron chi connectivity index (χ2n) is 5.63. The number of hydrogen-bond donors (Lipinski definition) is 1. The van der Waals surface area contributed by atoms with E-state index >= 15 is 0 Å². The maximum Gasteiger partial charge on any atom is 0.223 e. The van der Waals surface area contributed by atoms with Crippen LogP contribution in [0.5, 0.6) is 5.75 Å². The highest BCUT2D eigenvalue weighted by Gasteiger charge is 2.25. The third-order valence-corrected chi connectivity index (χ3v) is 4.59. The molecular weight excluding hydrogens is 330 g/mol. The van der Waals surface area contributed by atoms with Gasteiger partial charge in [0, 0.05) is 22.4 Å². The van der Waals surface area contributed by atoms with Crippen molar-refractivity contribution in [3.8, 4) is 5.75 Å². The first-order valence-corrected chi connectivity index (χ1v) is 8.67. The van der Waals surface area contributed by atoms with Crippen molar-refractivity contribution in [2.24, 2.45) is 5.92 Å². The minimum absolute atomic E-state index is 0.0643. The van der Waals surface area contributed by atoms with Crippen LogP contribution in [0.2, 0.25) is 0 Å². The molecule has 4 heteroatoms. The molecule has 3 nitrogen and oxygen atoms in total. The number of rotatable bonds is 6. The number of fused-ring (bicyclic) bond motifs is 1. The third-order valence-electron chi connectivity index (χ3n) is 4.10. The molecule has 2 atom stereocenters. The Morgan fingerprint density at radius 3 is 3.00 bits per heavy atom. The zero-order chi connectivity index (χ0) is 15.2. The average molecular weight is 354 g/mol. The van der Waals surface area contributed by atoms with Crippen LogP contribution in [-0.4, -0.2) is 12.5 Å². The largest absolute Gasteiger partial charge is 0.493 e. The molecular formula is C17H24BrNO2. The fraction of sp³-hybridized carbons (Fsp3) is 0.588. The molecule has 0 aliphatic carbocycles. The molecule has 1 amide bonds. The summed E-state index contributed by atoms with van der Waals surface area (Å²) >= 11 is 3.49. The molecule has 1 aliphatic rings. The highest BCUT2D eigenvalue weighted by Crippen LogP contribution is 2.34. The first-order chi connectivity index (χ1) is 10.2. The molecule has 0 saturated carbocycles. The molecule has 2 unspecified atom stereocenters. The van der Waals surface area contributed by atoms with Crippen molar-refractivity contribution in [3.63, 3.8) is 0 Å². The molecule has 0 aromatic heterocycles. The lowest BCUT2D eigenvalue weighted by atomic mass is 9.95. The summed E-state index contributed by atoms with van der Waals surface area (Å²) in [7, 11) is 0. The number of halogens is 1. The molecule has 116 valence electrons. The fourth-order valence-electron chi connectivity index (χ4n) is 2.78. The summed E-state index contributed by atoms with van der Waals surface area (Å²) in [6, 6.07) is 6.05. The number of benzene rings is 1. The quantitative estimate of drug-likeness (QED) is 0.810. The maximum atomic E-state index is 12.5.